The minimum absolute atomic E-state index is 0.296. The smallest absolute Gasteiger partial charge is 0.306 e. The van der Waals surface area contributed by atoms with Crippen molar-refractivity contribution in [2.24, 2.45) is 0 Å². The van der Waals surface area contributed by atoms with E-state index in [0.717, 1.165) is 12.3 Å². The van der Waals surface area contributed by atoms with Gasteiger partial charge in [0.15, 0.2) is 23.1 Å². The Labute approximate surface area is 85.6 Å². The van der Waals surface area contributed by atoms with Crippen molar-refractivity contribution in [2.75, 3.05) is 13.4 Å². The molecule has 0 atom stereocenters. The van der Waals surface area contributed by atoms with E-state index in [1.54, 1.807) is 0 Å². The van der Waals surface area contributed by atoms with E-state index in [1.165, 1.54) is 7.11 Å². The number of methoxy groups -OCH3 is 1. The summed E-state index contributed by atoms with van der Waals surface area (Å²) in [6.07, 6.45) is 0.752. The van der Waals surface area contributed by atoms with Crippen LogP contribution in [0.15, 0.2) is 12.1 Å². The molecule has 0 bridgehead atoms. The first-order chi connectivity index (χ1) is 6.83. The number of halogens is 2. The van der Waals surface area contributed by atoms with Gasteiger partial charge < -0.3 is 8.92 Å². The summed E-state index contributed by atoms with van der Waals surface area (Å²) in [6.45, 7) is 0. The average molecular weight is 238 g/mol. The van der Waals surface area contributed by atoms with Crippen LogP contribution in [-0.4, -0.2) is 21.8 Å². The molecule has 0 saturated heterocycles. The van der Waals surface area contributed by atoms with Crippen LogP contribution in [0.25, 0.3) is 0 Å². The first kappa shape index (κ1) is 11.7. The van der Waals surface area contributed by atoms with E-state index < -0.39 is 27.5 Å². The lowest BCUT2D eigenvalue weighted by atomic mass is 10.3. The molecule has 1 aromatic carbocycles. The van der Waals surface area contributed by atoms with E-state index in [1.807, 2.05) is 0 Å². The summed E-state index contributed by atoms with van der Waals surface area (Å²) < 4.78 is 56.2. The summed E-state index contributed by atoms with van der Waals surface area (Å²) in [6, 6.07) is 1.31. The number of ether oxygens (including phenoxy) is 1. The van der Waals surface area contributed by atoms with Crippen LogP contribution in [0.3, 0.4) is 0 Å². The van der Waals surface area contributed by atoms with Gasteiger partial charge in [-0.2, -0.15) is 8.42 Å². The lowest BCUT2D eigenvalue weighted by Gasteiger charge is -2.07. The molecule has 0 aliphatic carbocycles. The molecule has 0 unspecified atom stereocenters. The van der Waals surface area contributed by atoms with Crippen LogP contribution >= 0.6 is 0 Å². The van der Waals surface area contributed by atoms with Gasteiger partial charge in [0.1, 0.15) is 0 Å². The van der Waals surface area contributed by atoms with E-state index in [2.05, 4.69) is 8.92 Å². The molecule has 0 aliphatic heterocycles. The second-order valence-electron chi connectivity index (χ2n) is 2.70. The van der Waals surface area contributed by atoms with Gasteiger partial charge in [-0.15, -0.1) is 0 Å². The zero-order valence-corrected chi connectivity index (χ0v) is 8.77. The third-order valence-electron chi connectivity index (χ3n) is 1.45. The van der Waals surface area contributed by atoms with Crippen molar-refractivity contribution in [3.8, 4) is 11.5 Å². The van der Waals surface area contributed by atoms with E-state index in [-0.39, 0.29) is 5.75 Å². The monoisotopic (exact) mass is 238 g/mol. The van der Waals surface area contributed by atoms with Gasteiger partial charge in [0.25, 0.3) is 0 Å². The molecule has 1 rings (SSSR count). The number of rotatable bonds is 3. The molecule has 7 heteroatoms. The molecular formula is C8H8F2O4S. The largest absolute Gasteiger partial charge is 0.494 e. The van der Waals surface area contributed by atoms with Crippen molar-refractivity contribution < 1.29 is 26.1 Å². The summed E-state index contributed by atoms with van der Waals surface area (Å²) in [5, 5.41) is 0. The normalized spacial score (nSPS) is 11.2. The maximum Gasteiger partial charge on any atom is 0.306 e. The molecule has 1 aromatic rings. The number of hydrogen-bond donors (Lipinski definition) is 0. The summed E-state index contributed by atoms with van der Waals surface area (Å²) in [5.41, 5.74) is 0. The maximum atomic E-state index is 13.0. The van der Waals surface area contributed by atoms with Crippen molar-refractivity contribution in [1.82, 2.24) is 0 Å². The van der Waals surface area contributed by atoms with Gasteiger partial charge in [-0.3, -0.25) is 0 Å². The average Bonchev–Trinajstić information content (AvgIpc) is 2.07. The van der Waals surface area contributed by atoms with Crippen molar-refractivity contribution >= 4 is 10.1 Å². The van der Waals surface area contributed by atoms with Crippen molar-refractivity contribution in [2.45, 2.75) is 0 Å². The highest BCUT2D eigenvalue weighted by molar-refractivity contribution is 7.86. The van der Waals surface area contributed by atoms with Gasteiger partial charge in [-0.1, -0.05) is 0 Å². The van der Waals surface area contributed by atoms with Crippen LogP contribution in [0, 0.1) is 11.6 Å². The Morgan fingerprint density at radius 1 is 1.13 bits per heavy atom. The molecule has 4 nitrogen and oxygen atoms in total. The number of benzene rings is 1. The molecule has 0 amide bonds. The minimum Gasteiger partial charge on any atom is -0.494 e. The second-order valence-corrected chi connectivity index (χ2v) is 4.28. The van der Waals surface area contributed by atoms with Gasteiger partial charge in [0.05, 0.1) is 13.4 Å². The Morgan fingerprint density at radius 2 is 1.67 bits per heavy atom. The summed E-state index contributed by atoms with van der Waals surface area (Å²) in [7, 11) is -2.69. The third kappa shape index (κ3) is 3.05. The second kappa shape index (κ2) is 4.01. The van der Waals surface area contributed by atoms with Crippen molar-refractivity contribution in [1.29, 1.82) is 0 Å². The van der Waals surface area contributed by atoms with E-state index in [0.29, 0.717) is 6.07 Å². The topological polar surface area (TPSA) is 52.6 Å². The fraction of sp³-hybridized carbons (Fsp3) is 0.250. The summed E-state index contributed by atoms with van der Waals surface area (Å²) in [4.78, 5) is 0. The fourth-order valence-corrected chi connectivity index (χ4v) is 1.35. The van der Waals surface area contributed by atoms with Crippen LogP contribution in [0.1, 0.15) is 0 Å². The van der Waals surface area contributed by atoms with Crippen molar-refractivity contribution in [3.63, 3.8) is 0 Å². The van der Waals surface area contributed by atoms with E-state index >= 15 is 0 Å². The van der Waals surface area contributed by atoms with Crippen LogP contribution in [0.4, 0.5) is 8.78 Å². The molecule has 0 fully saturated rings. The number of hydrogen-bond acceptors (Lipinski definition) is 4. The van der Waals surface area contributed by atoms with Gasteiger partial charge >= 0.3 is 10.1 Å². The minimum atomic E-state index is -3.86. The Morgan fingerprint density at radius 3 is 2.13 bits per heavy atom. The molecule has 0 aliphatic rings. The Kier molecular flexibility index (Phi) is 3.13. The van der Waals surface area contributed by atoms with E-state index in [9.17, 15) is 17.2 Å². The van der Waals surface area contributed by atoms with E-state index in [4.69, 9.17) is 0 Å². The van der Waals surface area contributed by atoms with Crippen LogP contribution in [0.5, 0.6) is 11.5 Å². The maximum absolute atomic E-state index is 13.0. The van der Waals surface area contributed by atoms with Gasteiger partial charge in [-0.05, 0) is 0 Å². The standard InChI is InChI=1S/C8H8F2O4S/c1-13-7-4-8(14-15(2,11)12)6(10)3-5(7)9/h3-4H,1-2H3. The lowest BCUT2D eigenvalue weighted by Crippen LogP contribution is -2.07. The van der Waals surface area contributed by atoms with Gasteiger partial charge in [0, 0.05) is 12.1 Å². The molecule has 84 valence electrons. The Balaban J connectivity index is 3.19. The molecule has 0 radical (unpaired) electrons. The third-order valence-corrected chi connectivity index (χ3v) is 1.93. The predicted octanol–water partition coefficient (Wildman–Crippen LogP) is 1.31. The molecular weight excluding hydrogens is 230 g/mol. The summed E-state index contributed by atoms with van der Waals surface area (Å²) >= 11 is 0. The highest BCUT2D eigenvalue weighted by Gasteiger charge is 2.15. The highest BCUT2D eigenvalue weighted by atomic mass is 32.2. The molecule has 0 aromatic heterocycles. The quantitative estimate of drug-likeness (QED) is 0.745. The molecule has 0 heterocycles. The Hall–Kier alpha value is -1.37. The lowest BCUT2D eigenvalue weighted by molar-refractivity contribution is 0.378. The summed E-state index contributed by atoms with van der Waals surface area (Å²) in [5.74, 6) is -2.94. The molecule has 0 N–H and O–H groups in total. The molecule has 15 heavy (non-hydrogen) atoms. The Bertz CT molecular complexity index is 470. The SMILES string of the molecule is COc1cc(OS(C)(=O)=O)c(F)cc1F. The zero-order valence-electron chi connectivity index (χ0n) is 7.95. The predicted molar refractivity (Wildman–Crippen MR) is 48.4 cm³/mol. The highest BCUT2D eigenvalue weighted by Crippen LogP contribution is 2.27. The van der Waals surface area contributed by atoms with Crippen LogP contribution < -0.4 is 8.92 Å². The van der Waals surface area contributed by atoms with Crippen LogP contribution in [-0.2, 0) is 10.1 Å². The van der Waals surface area contributed by atoms with Crippen LogP contribution in [0.2, 0.25) is 0 Å². The van der Waals surface area contributed by atoms with Crippen molar-refractivity contribution in [3.05, 3.63) is 23.8 Å². The first-order valence-corrected chi connectivity index (χ1v) is 5.57. The first-order valence-electron chi connectivity index (χ1n) is 3.76. The van der Waals surface area contributed by atoms with Gasteiger partial charge in [-0.25, -0.2) is 8.78 Å². The fourth-order valence-electron chi connectivity index (χ4n) is 0.894. The van der Waals surface area contributed by atoms with Gasteiger partial charge in [0.2, 0.25) is 0 Å². The molecule has 0 spiro atoms. The zero-order chi connectivity index (χ0) is 11.6. The molecule has 0 saturated carbocycles.